The average molecular weight is 319 g/mol. The predicted octanol–water partition coefficient (Wildman–Crippen LogP) is -0.196. The summed E-state index contributed by atoms with van der Waals surface area (Å²) >= 11 is 0. The van der Waals surface area contributed by atoms with Crippen molar-refractivity contribution in [3.05, 3.63) is 29.8 Å². The summed E-state index contributed by atoms with van der Waals surface area (Å²) in [5.41, 5.74) is -0.00910. The fourth-order valence-corrected chi connectivity index (χ4v) is 4.73. The minimum absolute atomic E-state index is 0.00910. The Bertz CT molecular complexity index is 707. The normalized spacial score (nSPS) is 19.6. The predicted molar refractivity (Wildman–Crippen MR) is 70.8 cm³/mol. The monoisotopic (exact) mass is 319 g/mol. The molecule has 1 fully saturated rings. The third kappa shape index (κ3) is 3.00. The van der Waals surface area contributed by atoms with Crippen molar-refractivity contribution >= 4 is 25.8 Å². The number of carbonyl (C=O) groups is 1. The Morgan fingerprint density at radius 3 is 2.05 bits per heavy atom. The fraction of sp³-hybridized carbons (Fsp3) is 0.364. The van der Waals surface area contributed by atoms with E-state index in [0.717, 1.165) is 4.31 Å². The van der Waals surface area contributed by atoms with Crippen LogP contribution < -0.4 is 0 Å². The maximum atomic E-state index is 12.3. The van der Waals surface area contributed by atoms with Crippen LogP contribution in [-0.4, -0.2) is 56.8 Å². The van der Waals surface area contributed by atoms with Crippen molar-refractivity contribution in [1.82, 2.24) is 4.31 Å². The molecule has 9 heteroatoms. The van der Waals surface area contributed by atoms with Gasteiger partial charge in [0.2, 0.25) is 10.0 Å². The number of hydrogen-bond donors (Lipinski definition) is 1. The van der Waals surface area contributed by atoms with E-state index in [1.54, 1.807) is 0 Å². The third-order valence-corrected chi connectivity index (χ3v) is 6.56. The summed E-state index contributed by atoms with van der Waals surface area (Å²) in [6.07, 6.45) is 0. The molecule has 1 aliphatic heterocycles. The molecule has 0 bridgehead atoms. The summed E-state index contributed by atoms with van der Waals surface area (Å²) in [6, 6.07) is 4.83. The topological polar surface area (TPSA) is 109 Å². The molecule has 110 valence electrons. The highest BCUT2D eigenvalue weighted by molar-refractivity contribution is 7.92. The van der Waals surface area contributed by atoms with E-state index in [-0.39, 0.29) is 35.1 Å². The third-order valence-electron chi connectivity index (χ3n) is 3.04. The van der Waals surface area contributed by atoms with E-state index >= 15 is 0 Å². The molecule has 0 radical (unpaired) electrons. The average Bonchev–Trinajstić information content (AvgIpc) is 2.38. The first-order valence-electron chi connectivity index (χ1n) is 5.76. The Morgan fingerprint density at radius 2 is 1.60 bits per heavy atom. The van der Waals surface area contributed by atoms with Gasteiger partial charge in [0.1, 0.15) is 0 Å². The number of benzene rings is 1. The fourth-order valence-electron chi connectivity index (χ4n) is 1.85. The first-order chi connectivity index (χ1) is 9.22. The Labute approximate surface area is 116 Å². The van der Waals surface area contributed by atoms with Gasteiger partial charge in [0.05, 0.1) is 22.0 Å². The molecule has 1 N–H and O–H groups in total. The van der Waals surface area contributed by atoms with Crippen LogP contribution in [0.15, 0.2) is 29.2 Å². The molecule has 1 aromatic rings. The number of hydrogen-bond acceptors (Lipinski definition) is 5. The van der Waals surface area contributed by atoms with Gasteiger partial charge in [-0.25, -0.2) is 21.6 Å². The highest BCUT2D eigenvalue weighted by Crippen LogP contribution is 2.18. The molecule has 0 unspecified atom stereocenters. The van der Waals surface area contributed by atoms with Gasteiger partial charge in [-0.05, 0) is 24.3 Å². The second-order valence-electron chi connectivity index (χ2n) is 4.39. The Hall–Kier alpha value is -1.45. The number of nitrogens with zero attached hydrogens (tertiary/aromatic N) is 1. The number of carboxylic acids is 1. The Kier molecular flexibility index (Phi) is 3.85. The zero-order valence-electron chi connectivity index (χ0n) is 10.4. The van der Waals surface area contributed by atoms with E-state index in [4.69, 9.17) is 5.11 Å². The minimum Gasteiger partial charge on any atom is -0.478 e. The molecule has 0 saturated carbocycles. The van der Waals surface area contributed by atoms with Gasteiger partial charge in [-0.2, -0.15) is 4.31 Å². The maximum Gasteiger partial charge on any atom is 0.335 e. The van der Waals surface area contributed by atoms with E-state index in [1.165, 1.54) is 24.3 Å². The van der Waals surface area contributed by atoms with Gasteiger partial charge in [0.15, 0.2) is 9.84 Å². The van der Waals surface area contributed by atoms with Gasteiger partial charge in [-0.15, -0.1) is 0 Å². The number of sulfone groups is 1. The van der Waals surface area contributed by atoms with E-state index < -0.39 is 25.8 Å². The van der Waals surface area contributed by atoms with Crippen molar-refractivity contribution in [2.75, 3.05) is 24.6 Å². The van der Waals surface area contributed by atoms with Crippen LogP contribution in [0.2, 0.25) is 0 Å². The van der Waals surface area contributed by atoms with E-state index in [2.05, 4.69) is 0 Å². The number of rotatable bonds is 3. The van der Waals surface area contributed by atoms with E-state index in [0.29, 0.717) is 0 Å². The van der Waals surface area contributed by atoms with Crippen LogP contribution in [0.1, 0.15) is 10.4 Å². The van der Waals surface area contributed by atoms with Gasteiger partial charge in [-0.1, -0.05) is 0 Å². The first kappa shape index (κ1) is 14.9. The smallest absolute Gasteiger partial charge is 0.335 e. The first-order valence-corrected chi connectivity index (χ1v) is 9.02. The molecule has 20 heavy (non-hydrogen) atoms. The summed E-state index contributed by atoms with van der Waals surface area (Å²) in [6.45, 7) is -0.156. The van der Waals surface area contributed by atoms with Gasteiger partial charge in [-0.3, -0.25) is 0 Å². The SMILES string of the molecule is O=C(O)c1ccc(S(=O)(=O)N2CCS(=O)(=O)CC2)cc1. The highest BCUT2D eigenvalue weighted by atomic mass is 32.2. The summed E-state index contributed by atoms with van der Waals surface area (Å²) < 4.78 is 48.2. The molecule has 0 spiro atoms. The zero-order valence-corrected chi connectivity index (χ0v) is 12.0. The molecule has 1 saturated heterocycles. The van der Waals surface area contributed by atoms with Crippen molar-refractivity contribution in [3.63, 3.8) is 0 Å². The lowest BCUT2D eigenvalue weighted by Crippen LogP contribution is -2.43. The van der Waals surface area contributed by atoms with Gasteiger partial charge >= 0.3 is 5.97 Å². The van der Waals surface area contributed by atoms with Crippen molar-refractivity contribution in [2.24, 2.45) is 0 Å². The maximum absolute atomic E-state index is 12.3. The molecular formula is C11H13NO6S2. The lowest BCUT2D eigenvalue weighted by Gasteiger charge is -2.25. The Morgan fingerprint density at radius 1 is 1.10 bits per heavy atom. The number of sulfonamides is 1. The quantitative estimate of drug-likeness (QED) is 0.826. The van der Waals surface area contributed by atoms with Gasteiger partial charge < -0.3 is 5.11 Å². The molecule has 0 aromatic heterocycles. The number of aromatic carboxylic acids is 1. The van der Waals surface area contributed by atoms with Crippen LogP contribution in [0.3, 0.4) is 0 Å². The van der Waals surface area contributed by atoms with Gasteiger partial charge in [0, 0.05) is 13.1 Å². The lowest BCUT2D eigenvalue weighted by atomic mass is 10.2. The van der Waals surface area contributed by atoms with Crippen molar-refractivity contribution in [1.29, 1.82) is 0 Å². The minimum atomic E-state index is -3.78. The molecular weight excluding hydrogens is 306 g/mol. The molecule has 1 aliphatic rings. The van der Waals surface area contributed by atoms with Crippen LogP contribution in [0, 0.1) is 0 Å². The van der Waals surface area contributed by atoms with Crippen LogP contribution >= 0.6 is 0 Å². The molecule has 0 amide bonds. The summed E-state index contributed by atoms with van der Waals surface area (Å²) in [5.74, 6) is -1.53. The molecule has 1 heterocycles. The van der Waals surface area contributed by atoms with Crippen LogP contribution in [-0.2, 0) is 19.9 Å². The van der Waals surface area contributed by atoms with E-state index in [1.807, 2.05) is 0 Å². The van der Waals surface area contributed by atoms with Crippen LogP contribution in [0.25, 0.3) is 0 Å². The molecule has 0 aliphatic carbocycles. The standard InChI is InChI=1S/C11H13NO6S2/c13-11(14)9-1-3-10(4-2-9)20(17,18)12-5-7-19(15,16)8-6-12/h1-4H,5-8H2,(H,13,14). The molecule has 7 nitrogen and oxygen atoms in total. The van der Waals surface area contributed by atoms with Crippen LogP contribution in [0.4, 0.5) is 0 Å². The summed E-state index contributed by atoms with van der Waals surface area (Å²) in [7, 11) is -6.94. The number of carboxylic acid groups (broad SMARTS) is 1. The highest BCUT2D eigenvalue weighted by Gasteiger charge is 2.31. The largest absolute Gasteiger partial charge is 0.478 e. The molecule has 1 aromatic carbocycles. The second-order valence-corrected chi connectivity index (χ2v) is 8.63. The van der Waals surface area contributed by atoms with E-state index in [9.17, 15) is 21.6 Å². The summed E-state index contributed by atoms with van der Waals surface area (Å²) in [4.78, 5) is 10.7. The second kappa shape index (κ2) is 5.15. The van der Waals surface area contributed by atoms with Gasteiger partial charge in [0.25, 0.3) is 0 Å². The summed E-state index contributed by atoms with van der Waals surface area (Å²) in [5, 5.41) is 8.76. The Balaban J connectivity index is 2.25. The van der Waals surface area contributed by atoms with Crippen molar-refractivity contribution in [2.45, 2.75) is 4.90 Å². The van der Waals surface area contributed by atoms with Crippen molar-refractivity contribution in [3.8, 4) is 0 Å². The molecule has 2 rings (SSSR count). The van der Waals surface area contributed by atoms with Crippen LogP contribution in [0.5, 0.6) is 0 Å². The zero-order chi connectivity index (χ0) is 15.0. The lowest BCUT2D eigenvalue weighted by molar-refractivity contribution is 0.0696. The van der Waals surface area contributed by atoms with Crippen molar-refractivity contribution < 1.29 is 26.7 Å². The molecule has 0 atom stereocenters.